The van der Waals surface area contributed by atoms with Crippen LogP contribution in [0.15, 0.2) is 18.2 Å². The van der Waals surface area contributed by atoms with Crippen molar-refractivity contribution in [3.8, 4) is 0 Å². The Kier molecular flexibility index (Phi) is 4.95. The van der Waals surface area contributed by atoms with Gasteiger partial charge < -0.3 is 10.2 Å². The number of nitrogens with zero attached hydrogens (tertiary/aromatic N) is 1. The molecule has 1 unspecified atom stereocenters. The second kappa shape index (κ2) is 6.70. The molecule has 2 heterocycles. The number of nitrogens with one attached hydrogen (secondary N) is 1. The number of hydrogen-bond donors (Lipinski definition) is 1. The maximum Gasteiger partial charge on any atom is 0.244 e. The summed E-state index contributed by atoms with van der Waals surface area (Å²) in [5, 5.41) is 2.89. The number of likely N-dealkylation sites (tertiary alicyclic amines) is 1. The van der Waals surface area contributed by atoms with Crippen molar-refractivity contribution in [3.63, 3.8) is 0 Å². The van der Waals surface area contributed by atoms with E-state index >= 15 is 0 Å². The number of hydrogen-bond acceptors (Lipinski definition) is 3. The third-order valence-corrected chi connectivity index (χ3v) is 4.18. The van der Waals surface area contributed by atoms with Gasteiger partial charge in [0.2, 0.25) is 11.8 Å². The van der Waals surface area contributed by atoms with Crippen LogP contribution in [-0.4, -0.2) is 35.8 Å². The van der Waals surface area contributed by atoms with Crippen LogP contribution in [0.25, 0.3) is 6.08 Å². The molecule has 20 heavy (non-hydrogen) atoms. The number of amides is 2. The molecular weight excluding hydrogens is 272 g/mol. The van der Waals surface area contributed by atoms with E-state index in [1.54, 1.807) is 17.4 Å². The van der Waals surface area contributed by atoms with Crippen LogP contribution >= 0.6 is 11.3 Å². The van der Waals surface area contributed by atoms with Crippen molar-refractivity contribution in [1.29, 1.82) is 0 Å². The summed E-state index contributed by atoms with van der Waals surface area (Å²) in [6.07, 6.45) is 4.93. The zero-order valence-electron chi connectivity index (χ0n) is 11.9. The molecule has 1 atom stereocenters. The molecule has 0 radical (unpaired) electrons. The Hall–Kier alpha value is -1.62. The fourth-order valence-electron chi connectivity index (χ4n) is 2.27. The highest BCUT2D eigenvalue weighted by Gasteiger charge is 2.21. The first-order valence-corrected chi connectivity index (χ1v) is 7.69. The van der Waals surface area contributed by atoms with Crippen LogP contribution in [0, 0.1) is 6.92 Å². The molecule has 4 nitrogen and oxygen atoms in total. The Morgan fingerprint density at radius 3 is 2.95 bits per heavy atom. The van der Waals surface area contributed by atoms with E-state index in [-0.39, 0.29) is 17.9 Å². The number of carbonyl (C=O) groups excluding carboxylic acids is 2. The second-order valence-corrected chi connectivity index (χ2v) is 6.45. The summed E-state index contributed by atoms with van der Waals surface area (Å²) in [4.78, 5) is 27.4. The molecule has 1 aromatic heterocycles. The Morgan fingerprint density at radius 2 is 2.35 bits per heavy atom. The van der Waals surface area contributed by atoms with Crippen LogP contribution in [0.5, 0.6) is 0 Å². The average molecular weight is 292 g/mol. The summed E-state index contributed by atoms with van der Waals surface area (Å²) in [6, 6.07) is 4.00. The highest BCUT2D eigenvalue weighted by atomic mass is 32.1. The predicted molar refractivity (Wildman–Crippen MR) is 81.5 cm³/mol. The highest BCUT2D eigenvalue weighted by Crippen LogP contribution is 2.16. The molecule has 0 spiro atoms. The van der Waals surface area contributed by atoms with Crippen molar-refractivity contribution in [1.82, 2.24) is 10.2 Å². The van der Waals surface area contributed by atoms with Gasteiger partial charge in [0.1, 0.15) is 0 Å². The van der Waals surface area contributed by atoms with E-state index < -0.39 is 0 Å². The van der Waals surface area contributed by atoms with Crippen molar-refractivity contribution < 1.29 is 9.59 Å². The molecule has 1 saturated heterocycles. The first-order valence-electron chi connectivity index (χ1n) is 6.87. The summed E-state index contributed by atoms with van der Waals surface area (Å²) in [5.41, 5.74) is 0. The molecule has 0 aromatic carbocycles. The Bertz CT molecular complexity index is 522. The molecule has 1 fully saturated rings. The number of rotatable bonds is 5. The van der Waals surface area contributed by atoms with Crippen molar-refractivity contribution in [2.24, 2.45) is 0 Å². The van der Waals surface area contributed by atoms with E-state index in [2.05, 4.69) is 5.32 Å². The molecule has 2 rings (SSSR count). The van der Waals surface area contributed by atoms with E-state index in [1.807, 2.05) is 37.0 Å². The van der Waals surface area contributed by atoms with Gasteiger partial charge in [-0.2, -0.15) is 0 Å². The van der Waals surface area contributed by atoms with Gasteiger partial charge in [-0.1, -0.05) is 0 Å². The Morgan fingerprint density at radius 1 is 1.55 bits per heavy atom. The third-order valence-electron chi connectivity index (χ3n) is 3.21. The Balaban J connectivity index is 1.78. The lowest BCUT2D eigenvalue weighted by molar-refractivity contribution is -0.128. The zero-order valence-corrected chi connectivity index (χ0v) is 12.7. The van der Waals surface area contributed by atoms with E-state index in [0.717, 1.165) is 17.8 Å². The van der Waals surface area contributed by atoms with Crippen molar-refractivity contribution in [2.45, 2.75) is 32.7 Å². The lowest BCUT2D eigenvalue weighted by Crippen LogP contribution is -2.41. The molecule has 1 aliphatic heterocycles. The van der Waals surface area contributed by atoms with E-state index in [9.17, 15) is 9.59 Å². The van der Waals surface area contributed by atoms with E-state index in [4.69, 9.17) is 0 Å². The lowest BCUT2D eigenvalue weighted by atomic mass is 10.3. The van der Waals surface area contributed by atoms with Crippen LogP contribution in [-0.2, 0) is 9.59 Å². The molecule has 0 saturated carbocycles. The third kappa shape index (κ3) is 4.20. The molecule has 1 aliphatic rings. The molecule has 0 aliphatic carbocycles. The smallest absolute Gasteiger partial charge is 0.244 e. The number of thiophene rings is 1. The molecule has 1 aromatic rings. The fourth-order valence-corrected chi connectivity index (χ4v) is 3.05. The summed E-state index contributed by atoms with van der Waals surface area (Å²) < 4.78 is 0. The van der Waals surface area contributed by atoms with Gasteiger partial charge in [-0.05, 0) is 38.5 Å². The van der Waals surface area contributed by atoms with Crippen molar-refractivity contribution >= 4 is 29.2 Å². The molecule has 2 amide bonds. The summed E-state index contributed by atoms with van der Waals surface area (Å²) >= 11 is 1.66. The molecule has 5 heteroatoms. The van der Waals surface area contributed by atoms with Crippen LogP contribution in [0.2, 0.25) is 0 Å². The highest BCUT2D eigenvalue weighted by molar-refractivity contribution is 7.12. The van der Waals surface area contributed by atoms with Crippen LogP contribution in [0.4, 0.5) is 0 Å². The second-order valence-electron chi connectivity index (χ2n) is 5.13. The van der Waals surface area contributed by atoms with Crippen LogP contribution in [0.1, 0.15) is 29.5 Å². The van der Waals surface area contributed by atoms with Gasteiger partial charge in [0, 0.05) is 41.4 Å². The van der Waals surface area contributed by atoms with Gasteiger partial charge in [0.05, 0.1) is 0 Å². The minimum atomic E-state index is -0.116. The summed E-state index contributed by atoms with van der Waals surface area (Å²) in [6.45, 7) is 5.36. The van der Waals surface area contributed by atoms with Gasteiger partial charge >= 0.3 is 0 Å². The predicted octanol–water partition coefficient (Wildman–Crippen LogP) is 2.20. The van der Waals surface area contributed by atoms with Gasteiger partial charge in [0.15, 0.2) is 0 Å². The maximum absolute atomic E-state index is 11.8. The molecule has 108 valence electrons. The zero-order chi connectivity index (χ0) is 14.5. The van der Waals surface area contributed by atoms with Crippen molar-refractivity contribution in [2.75, 3.05) is 13.1 Å². The summed E-state index contributed by atoms with van der Waals surface area (Å²) in [5.74, 6) is 0.0749. The van der Waals surface area contributed by atoms with E-state index in [1.165, 1.54) is 4.88 Å². The van der Waals surface area contributed by atoms with E-state index in [0.29, 0.717) is 13.0 Å². The average Bonchev–Trinajstić information content (AvgIpc) is 2.97. The maximum atomic E-state index is 11.8. The summed E-state index contributed by atoms with van der Waals surface area (Å²) in [7, 11) is 0. The minimum absolute atomic E-state index is 0.0285. The van der Waals surface area contributed by atoms with Gasteiger partial charge in [-0.25, -0.2) is 0 Å². The topological polar surface area (TPSA) is 49.4 Å². The number of carbonyl (C=O) groups is 2. The normalized spacial score (nSPS) is 16.9. The fraction of sp³-hybridized carbons (Fsp3) is 0.467. The van der Waals surface area contributed by atoms with Crippen molar-refractivity contribution in [3.05, 3.63) is 28.0 Å². The first-order chi connectivity index (χ1) is 9.54. The largest absolute Gasteiger partial charge is 0.348 e. The number of aryl methyl sites for hydroxylation is 1. The van der Waals surface area contributed by atoms with Crippen LogP contribution in [0.3, 0.4) is 0 Å². The van der Waals surface area contributed by atoms with Gasteiger partial charge in [0.25, 0.3) is 0 Å². The standard InChI is InChI=1S/C15H20N2O2S/c1-11(10-17-9-3-4-15(17)19)16-14(18)8-7-13-6-5-12(2)20-13/h5-8,11H,3-4,9-10H2,1-2H3,(H,16,18)/b8-7+. The molecule has 0 bridgehead atoms. The molecule has 1 N–H and O–H groups in total. The minimum Gasteiger partial charge on any atom is -0.348 e. The monoisotopic (exact) mass is 292 g/mol. The lowest BCUT2D eigenvalue weighted by Gasteiger charge is -2.21. The molecular formula is C15H20N2O2S. The quantitative estimate of drug-likeness (QED) is 0.846. The van der Waals surface area contributed by atoms with Gasteiger partial charge in [-0.15, -0.1) is 11.3 Å². The first kappa shape index (κ1) is 14.8. The van der Waals surface area contributed by atoms with Gasteiger partial charge in [-0.3, -0.25) is 9.59 Å². The van der Waals surface area contributed by atoms with Crippen LogP contribution < -0.4 is 5.32 Å². The SMILES string of the molecule is Cc1ccc(/C=C/C(=O)NC(C)CN2CCCC2=O)s1. The Labute approximate surface area is 123 Å².